The molecule has 0 saturated carbocycles. The fourth-order valence-electron chi connectivity index (χ4n) is 3.11. The average Bonchev–Trinajstić information content (AvgIpc) is 2.81. The SMILES string of the molecule is COc1cc(/C=C(/C#N)C(=O)Nc2cccc(OC(C)C)c2)ccc1OCc1cccc(F)c1. The highest BCUT2D eigenvalue weighted by Gasteiger charge is 2.12. The Morgan fingerprint density at radius 1 is 1.09 bits per heavy atom. The number of rotatable bonds is 9. The maximum Gasteiger partial charge on any atom is 0.266 e. The van der Waals surface area contributed by atoms with Crippen LogP contribution in [0.4, 0.5) is 10.1 Å². The number of nitriles is 1. The molecule has 0 aliphatic heterocycles. The molecule has 0 saturated heterocycles. The van der Waals surface area contributed by atoms with Gasteiger partial charge in [-0.1, -0.05) is 24.3 Å². The van der Waals surface area contributed by atoms with E-state index in [-0.39, 0.29) is 24.1 Å². The van der Waals surface area contributed by atoms with E-state index in [2.05, 4.69) is 5.32 Å². The summed E-state index contributed by atoms with van der Waals surface area (Å²) in [7, 11) is 1.49. The van der Waals surface area contributed by atoms with Crippen LogP contribution in [0.2, 0.25) is 0 Å². The van der Waals surface area contributed by atoms with E-state index in [9.17, 15) is 14.4 Å². The number of anilines is 1. The molecule has 7 heteroatoms. The molecule has 0 heterocycles. The zero-order valence-electron chi connectivity index (χ0n) is 19.2. The first kappa shape index (κ1) is 24.3. The molecule has 1 N–H and O–H groups in total. The number of nitrogens with one attached hydrogen (secondary N) is 1. The van der Waals surface area contributed by atoms with Gasteiger partial charge in [0.1, 0.15) is 29.8 Å². The molecule has 3 aromatic carbocycles. The van der Waals surface area contributed by atoms with E-state index in [1.54, 1.807) is 54.6 Å². The number of carbonyl (C=O) groups is 1. The van der Waals surface area contributed by atoms with Crippen LogP contribution >= 0.6 is 0 Å². The van der Waals surface area contributed by atoms with Crippen molar-refractivity contribution in [1.29, 1.82) is 5.26 Å². The van der Waals surface area contributed by atoms with Gasteiger partial charge in [0.05, 0.1) is 13.2 Å². The number of ether oxygens (including phenoxy) is 3. The van der Waals surface area contributed by atoms with Crippen LogP contribution in [0, 0.1) is 17.1 Å². The molecular weight excluding hydrogens is 435 g/mol. The third-order valence-corrected chi connectivity index (χ3v) is 4.61. The van der Waals surface area contributed by atoms with Crippen molar-refractivity contribution in [3.8, 4) is 23.3 Å². The smallest absolute Gasteiger partial charge is 0.266 e. The van der Waals surface area contributed by atoms with E-state index in [0.29, 0.717) is 34.1 Å². The van der Waals surface area contributed by atoms with Crippen molar-refractivity contribution in [3.63, 3.8) is 0 Å². The molecule has 6 nitrogen and oxygen atoms in total. The average molecular weight is 461 g/mol. The van der Waals surface area contributed by atoms with E-state index in [1.165, 1.54) is 25.3 Å². The first-order valence-electron chi connectivity index (χ1n) is 10.6. The zero-order chi connectivity index (χ0) is 24.5. The summed E-state index contributed by atoms with van der Waals surface area (Å²) in [6, 6.07) is 20.1. The molecule has 0 aliphatic carbocycles. The van der Waals surface area contributed by atoms with Crippen LogP contribution in [0.5, 0.6) is 17.2 Å². The van der Waals surface area contributed by atoms with E-state index in [0.717, 1.165) is 0 Å². The zero-order valence-corrected chi connectivity index (χ0v) is 19.2. The first-order chi connectivity index (χ1) is 16.4. The minimum atomic E-state index is -0.547. The van der Waals surface area contributed by atoms with Crippen LogP contribution in [-0.4, -0.2) is 19.1 Å². The molecule has 0 aliphatic rings. The Balaban J connectivity index is 1.73. The molecule has 3 aromatic rings. The third-order valence-electron chi connectivity index (χ3n) is 4.61. The second-order valence-electron chi connectivity index (χ2n) is 7.65. The van der Waals surface area contributed by atoms with Gasteiger partial charge in [0.2, 0.25) is 0 Å². The lowest BCUT2D eigenvalue weighted by atomic mass is 10.1. The molecule has 0 bridgehead atoms. The third kappa shape index (κ3) is 6.84. The molecule has 174 valence electrons. The molecular formula is C27H25FN2O4. The highest BCUT2D eigenvalue weighted by Crippen LogP contribution is 2.30. The molecule has 1 amide bonds. The normalized spacial score (nSPS) is 11.0. The lowest BCUT2D eigenvalue weighted by molar-refractivity contribution is -0.112. The molecule has 34 heavy (non-hydrogen) atoms. The van der Waals surface area contributed by atoms with E-state index < -0.39 is 5.91 Å². The van der Waals surface area contributed by atoms with Crippen LogP contribution in [0.15, 0.2) is 72.3 Å². The van der Waals surface area contributed by atoms with Gasteiger partial charge in [0.15, 0.2) is 11.5 Å². The van der Waals surface area contributed by atoms with Crippen LogP contribution in [0.3, 0.4) is 0 Å². The van der Waals surface area contributed by atoms with E-state index >= 15 is 0 Å². The van der Waals surface area contributed by atoms with Gasteiger partial charge in [-0.05, 0) is 67.4 Å². The minimum Gasteiger partial charge on any atom is -0.493 e. The van der Waals surface area contributed by atoms with Crippen molar-refractivity contribution in [2.75, 3.05) is 12.4 Å². The highest BCUT2D eigenvalue weighted by atomic mass is 19.1. The second-order valence-corrected chi connectivity index (χ2v) is 7.65. The van der Waals surface area contributed by atoms with Crippen molar-refractivity contribution < 1.29 is 23.4 Å². The predicted molar refractivity (Wildman–Crippen MR) is 128 cm³/mol. The second kappa shape index (κ2) is 11.5. The molecule has 0 aromatic heterocycles. The Morgan fingerprint density at radius 3 is 2.59 bits per heavy atom. The summed E-state index contributed by atoms with van der Waals surface area (Å²) < 4.78 is 30.1. The predicted octanol–water partition coefficient (Wildman–Crippen LogP) is 5.75. The summed E-state index contributed by atoms with van der Waals surface area (Å²) in [6.45, 7) is 3.98. The maximum atomic E-state index is 13.4. The number of hydrogen-bond donors (Lipinski definition) is 1. The van der Waals surface area contributed by atoms with Crippen molar-refractivity contribution in [1.82, 2.24) is 0 Å². The van der Waals surface area contributed by atoms with Gasteiger partial charge in [0, 0.05) is 11.8 Å². The lowest BCUT2D eigenvalue weighted by Gasteiger charge is -2.12. The fraction of sp³-hybridized carbons (Fsp3) is 0.185. The van der Waals surface area contributed by atoms with Gasteiger partial charge in [-0.25, -0.2) is 4.39 Å². The van der Waals surface area contributed by atoms with Gasteiger partial charge < -0.3 is 19.5 Å². The summed E-state index contributed by atoms with van der Waals surface area (Å²) in [5, 5.41) is 12.2. The lowest BCUT2D eigenvalue weighted by Crippen LogP contribution is -2.13. The quantitative estimate of drug-likeness (QED) is 0.325. The van der Waals surface area contributed by atoms with E-state index in [4.69, 9.17) is 14.2 Å². The van der Waals surface area contributed by atoms with Gasteiger partial charge in [0.25, 0.3) is 5.91 Å². The van der Waals surface area contributed by atoms with Crippen LogP contribution in [0.1, 0.15) is 25.0 Å². The van der Waals surface area contributed by atoms with Crippen molar-refractivity contribution in [3.05, 3.63) is 89.2 Å². The Bertz CT molecular complexity index is 1230. The van der Waals surface area contributed by atoms with Crippen LogP contribution < -0.4 is 19.5 Å². The monoisotopic (exact) mass is 460 g/mol. The largest absolute Gasteiger partial charge is 0.493 e. The summed E-state index contributed by atoms with van der Waals surface area (Å²) >= 11 is 0. The number of amides is 1. The number of carbonyl (C=O) groups excluding carboxylic acids is 1. The number of nitrogens with zero attached hydrogens (tertiary/aromatic N) is 1. The molecule has 3 rings (SSSR count). The Labute approximate surface area is 198 Å². The fourth-order valence-corrected chi connectivity index (χ4v) is 3.11. The summed E-state index contributed by atoms with van der Waals surface area (Å²) in [5.74, 6) is 0.605. The van der Waals surface area contributed by atoms with E-state index in [1.807, 2.05) is 19.9 Å². The minimum absolute atomic E-state index is 0.00342. The van der Waals surface area contributed by atoms with Gasteiger partial charge in [-0.15, -0.1) is 0 Å². The molecule has 0 atom stereocenters. The number of halogens is 1. The molecule has 0 unspecified atom stereocenters. The first-order valence-corrected chi connectivity index (χ1v) is 10.6. The van der Waals surface area contributed by atoms with Gasteiger partial charge >= 0.3 is 0 Å². The summed E-state index contributed by atoms with van der Waals surface area (Å²) in [4.78, 5) is 12.7. The summed E-state index contributed by atoms with van der Waals surface area (Å²) in [5.41, 5.74) is 1.70. The number of benzene rings is 3. The standard InChI is InChI=1S/C27H25FN2O4/c1-18(2)34-24-9-5-8-23(15-24)30-27(31)21(16-29)12-19-10-11-25(26(14-19)32-3)33-17-20-6-4-7-22(28)13-20/h4-15,18H,17H2,1-3H3,(H,30,31)/b21-12-. The Morgan fingerprint density at radius 2 is 1.88 bits per heavy atom. The van der Waals surface area contributed by atoms with Crippen LogP contribution in [0.25, 0.3) is 6.08 Å². The summed E-state index contributed by atoms with van der Waals surface area (Å²) in [6.07, 6.45) is 1.46. The molecule has 0 fully saturated rings. The van der Waals surface area contributed by atoms with Gasteiger partial charge in [-0.2, -0.15) is 5.26 Å². The van der Waals surface area contributed by atoms with Crippen molar-refractivity contribution >= 4 is 17.7 Å². The van der Waals surface area contributed by atoms with Crippen molar-refractivity contribution in [2.24, 2.45) is 0 Å². The molecule has 0 spiro atoms. The van der Waals surface area contributed by atoms with Gasteiger partial charge in [-0.3, -0.25) is 4.79 Å². The maximum absolute atomic E-state index is 13.4. The number of methoxy groups -OCH3 is 1. The molecule has 0 radical (unpaired) electrons. The highest BCUT2D eigenvalue weighted by molar-refractivity contribution is 6.09. The van der Waals surface area contributed by atoms with Crippen LogP contribution in [-0.2, 0) is 11.4 Å². The Kier molecular flexibility index (Phi) is 8.25. The van der Waals surface area contributed by atoms with Crippen molar-refractivity contribution in [2.45, 2.75) is 26.6 Å². The number of hydrogen-bond acceptors (Lipinski definition) is 5. The Hall–Kier alpha value is -4.31. The topological polar surface area (TPSA) is 80.6 Å².